The molecule has 1 saturated heterocycles. The van der Waals surface area contributed by atoms with Crippen LogP contribution in [0, 0.1) is 5.92 Å². The highest BCUT2D eigenvalue weighted by molar-refractivity contribution is 5.96. The van der Waals surface area contributed by atoms with E-state index in [9.17, 15) is 35.9 Å². The maximum absolute atomic E-state index is 13.1. The molecule has 1 aromatic carbocycles. The van der Waals surface area contributed by atoms with Gasteiger partial charge in [0, 0.05) is 37.9 Å². The van der Waals surface area contributed by atoms with Crippen molar-refractivity contribution in [2.45, 2.75) is 56.9 Å². The Hall–Kier alpha value is -2.50. The summed E-state index contributed by atoms with van der Waals surface area (Å²) in [5, 5.41) is 2.83. The summed E-state index contributed by atoms with van der Waals surface area (Å²) < 4.78 is 78.9. The predicted molar refractivity (Wildman–Crippen MR) is 117 cm³/mol. The van der Waals surface area contributed by atoms with E-state index in [0.29, 0.717) is 32.1 Å². The molecule has 12 heteroatoms. The van der Waals surface area contributed by atoms with Crippen molar-refractivity contribution in [1.29, 1.82) is 0 Å². The van der Waals surface area contributed by atoms with Crippen LogP contribution >= 0.6 is 0 Å². The predicted octanol–water partition coefficient (Wildman–Crippen LogP) is 3.79. The van der Waals surface area contributed by atoms with Crippen LogP contribution in [0.5, 0.6) is 0 Å². The number of nitrogens with zero attached hydrogens (tertiary/aromatic N) is 2. The average molecular weight is 509 g/mol. The van der Waals surface area contributed by atoms with E-state index in [1.54, 1.807) is 4.90 Å². The molecule has 2 aliphatic rings. The van der Waals surface area contributed by atoms with Gasteiger partial charge in [-0.05, 0) is 62.8 Å². The molecule has 2 amide bonds. The van der Waals surface area contributed by atoms with Crippen LogP contribution in [0.25, 0.3) is 0 Å². The van der Waals surface area contributed by atoms with Crippen LogP contribution in [0.1, 0.15) is 49.7 Å². The SMILES string of the molecule is NC(=O)CC(=O)N[C@H]1CC[C@H](CCN2CCN(c3cc(C(F)(F)F)cc(C(F)(F)F)c3)CC2)CC1. The fraction of sp³-hybridized carbons (Fsp3) is 0.652. The van der Waals surface area contributed by atoms with Crippen molar-refractivity contribution >= 4 is 17.5 Å². The first kappa shape index (κ1) is 27.1. The van der Waals surface area contributed by atoms with Crippen molar-refractivity contribution < 1.29 is 35.9 Å². The Bertz CT molecular complexity index is 857. The first-order valence-electron chi connectivity index (χ1n) is 11.7. The first-order valence-corrected chi connectivity index (χ1v) is 11.7. The molecular weight excluding hydrogens is 478 g/mol. The van der Waals surface area contributed by atoms with E-state index in [1.165, 1.54) is 0 Å². The van der Waals surface area contributed by atoms with Gasteiger partial charge in [-0.1, -0.05) is 0 Å². The number of alkyl halides is 6. The summed E-state index contributed by atoms with van der Waals surface area (Å²) in [6, 6.07) is 1.75. The maximum atomic E-state index is 13.1. The molecule has 2 fully saturated rings. The van der Waals surface area contributed by atoms with Crippen LogP contribution < -0.4 is 16.0 Å². The summed E-state index contributed by atoms with van der Waals surface area (Å²) in [7, 11) is 0. The van der Waals surface area contributed by atoms with Crippen molar-refractivity contribution in [3.8, 4) is 0 Å². The number of hydrogen-bond acceptors (Lipinski definition) is 4. The van der Waals surface area contributed by atoms with Gasteiger partial charge in [-0.15, -0.1) is 0 Å². The van der Waals surface area contributed by atoms with Gasteiger partial charge < -0.3 is 16.0 Å². The third-order valence-electron chi connectivity index (χ3n) is 6.71. The highest BCUT2D eigenvalue weighted by atomic mass is 19.4. The van der Waals surface area contributed by atoms with Crippen LogP contribution in [0.4, 0.5) is 32.0 Å². The molecule has 3 rings (SSSR count). The van der Waals surface area contributed by atoms with Gasteiger partial charge in [-0.25, -0.2) is 0 Å². The van der Waals surface area contributed by atoms with E-state index in [0.717, 1.165) is 50.8 Å². The molecule has 0 radical (unpaired) electrons. The van der Waals surface area contributed by atoms with Crippen LogP contribution in [0.15, 0.2) is 18.2 Å². The van der Waals surface area contributed by atoms with Crippen molar-refractivity contribution in [2.75, 3.05) is 37.6 Å². The number of amides is 2. The van der Waals surface area contributed by atoms with Crippen molar-refractivity contribution in [1.82, 2.24) is 10.2 Å². The van der Waals surface area contributed by atoms with Gasteiger partial charge in [-0.2, -0.15) is 26.3 Å². The van der Waals surface area contributed by atoms with Crippen LogP contribution in [0.2, 0.25) is 0 Å². The summed E-state index contributed by atoms with van der Waals surface area (Å²) in [6.45, 7) is 2.59. The normalized spacial score (nSPS) is 22.2. The molecule has 0 aromatic heterocycles. The molecule has 35 heavy (non-hydrogen) atoms. The number of anilines is 1. The highest BCUT2D eigenvalue weighted by Crippen LogP contribution is 2.38. The minimum atomic E-state index is -4.86. The minimum Gasteiger partial charge on any atom is -0.369 e. The zero-order valence-corrected chi connectivity index (χ0v) is 19.2. The van der Waals surface area contributed by atoms with Gasteiger partial charge in [0.1, 0.15) is 6.42 Å². The Balaban J connectivity index is 1.46. The number of halogens is 6. The van der Waals surface area contributed by atoms with Crippen LogP contribution in [0.3, 0.4) is 0 Å². The molecule has 6 nitrogen and oxygen atoms in total. The number of carbonyl (C=O) groups is 2. The van der Waals surface area contributed by atoms with Gasteiger partial charge >= 0.3 is 12.4 Å². The highest BCUT2D eigenvalue weighted by Gasteiger charge is 2.37. The van der Waals surface area contributed by atoms with Crippen LogP contribution in [-0.2, 0) is 21.9 Å². The molecule has 0 atom stereocenters. The quantitative estimate of drug-likeness (QED) is 0.434. The van der Waals surface area contributed by atoms with Gasteiger partial charge in [-0.3, -0.25) is 14.5 Å². The molecule has 1 heterocycles. The van der Waals surface area contributed by atoms with Crippen molar-refractivity contribution in [2.24, 2.45) is 11.7 Å². The lowest BCUT2D eigenvalue weighted by Crippen LogP contribution is -2.47. The number of primary amides is 1. The Morgan fingerprint density at radius 1 is 0.886 bits per heavy atom. The minimum absolute atomic E-state index is 0.0377. The Morgan fingerprint density at radius 2 is 1.43 bits per heavy atom. The van der Waals surface area contributed by atoms with E-state index >= 15 is 0 Å². The summed E-state index contributed by atoms with van der Waals surface area (Å²) in [6.07, 6.45) is -5.59. The number of nitrogens with one attached hydrogen (secondary N) is 1. The Morgan fingerprint density at radius 3 is 1.91 bits per heavy atom. The molecule has 3 N–H and O–H groups in total. The second-order valence-corrected chi connectivity index (χ2v) is 9.31. The number of benzene rings is 1. The molecule has 1 saturated carbocycles. The largest absolute Gasteiger partial charge is 0.416 e. The molecule has 1 aromatic rings. The molecule has 1 aliphatic carbocycles. The van der Waals surface area contributed by atoms with E-state index in [4.69, 9.17) is 5.73 Å². The van der Waals surface area contributed by atoms with Gasteiger partial charge in [0.05, 0.1) is 11.1 Å². The van der Waals surface area contributed by atoms with Gasteiger partial charge in [0.25, 0.3) is 0 Å². The van der Waals surface area contributed by atoms with E-state index < -0.39 is 29.4 Å². The summed E-state index contributed by atoms with van der Waals surface area (Å²) in [5.74, 6) is -0.540. The van der Waals surface area contributed by atoms with Crippen molar-refractivity contribution in [3.63, 3.8) is 0 Å². The van der Waals surface area contributed by atoms with E-state index in [2.05, 4.69) is 10.2 Å². The second kappa shape index (κ2) is 11.0. The zero-order chi connectivity index (χ0) is 25.8. The number of nitrogens with two attached hydrogens (primary N) is 1. The number of rotatable bonds is 7. The summed E-state index contributed by atoms with van der Waals surface area (Å²) >= 11 is 0. The zero-order valence-electron chi connectivity index (χ0n) is 19.2. The first-order chi connectivity index (χ1) is 16.3. The lowest BCUT2D eigenvalue weighted by atomic mass is 9.84. The third kappa shape index (κ3) is 8.01. The maximum Gasteiger partial charge on any atom is 0.416 e. The Labute approximate surface area is 199 Å². The topological polar surface area (TPSA) is 78.7 Å². The van der Waals surface area contributed by atoms with Crippen molar-refractivity contribution in [3.05, 3.63) is 29.3 Å². The lowest BCUT2D eigenvalue weighted by Gasteiger charge is -2.37. The fourth-order valence-corrected chi connectivity index (χ4v) is 4.75. The lowest BCUT2D eigenvalue weighted by molar-refractivity contribution is -0.143. The molecule has 1 aliphatic heterocycles. The van der Waals surface area contributed by atoms with Gasteiger partial charge in [0.15, 0.2) is 0 Å². The molecular formula is C23H30F6N4O2. The number of piperazine rings is 1. The average Bonchev–Trinajstić information content (AvgIpc) is 2.77. The Kier molecular flexibility index (Phi) is 8.55. The summed E-state index contributed by atoms with van der Waals surface area (Å²) in [5.41, 5.74) is 2.36. The van der Waals surface area contributed by atoms with Gasteiger partial charge in [0.2, 0.25) is 11.8 Å². The standard InChI is InChI=1S/C23H30F6N4O2/c24-22(25,26)16-11-17(23(27,28)29)13-19(12-16)33-9-7-32(8-10-33)6-5-15-1-3-18(4-2-15)31-21(35)14-20(30)34/h11-13,15,18H,1-10,14H2,(H2,30,34)(H,31,35)/t15-,18-. The second-order valence-electron chi connectivity index (χ2n) is 9.31. The molecule has 0 bridgehead atoms. The number of carbonyl (C=O) groups excluding carboxylic acids is 2. The smallest absolute Gasteiger partial charge is 0.369 e. The molecule has 0 spiro atoms. The number of hydrogen-bond donors (Lipinski definition) is 2. The molecule has 0 unspecified atom stereocenters. The van der Waals surface area contributed by atoms with Crippen LogP contribution in [-0.4, -0.2) is 55.5 Å². The van der Waals surface area contributed by atoms with E-state index in [1.807, 2.05) is 0 Å². The fourth-order valence-electron chi connectivity index (χ4n) is 4.75. The molecule has 196 valence electrons. The summed E-state index contributed by atoms with van der Waals surface area (Å²) in [4.78, 5) is 26.2. The monoisotopic (exact) mass is 508 g/mol. The third-order valence-corrected chi connectivity index (χ3v) is 6.71. The van der Waals surface area contributed by atoms with E-state index in [-0.39, 0.29) is 30.1 Å².